The Hall–Kier alpha value is -4.18. The summed E-state index contributed by atoms with van der Waals surface area (Å²) >= 11 is 0. The molecule has 0 saturated heterocycles. The van der Waals surface area contributed by atoms with Crippen molar-refractivity contribution < 1.29 is 18.9 Å². The van der Waals surface area contributed by atoms with E-state index >= 15 is 0 Å². The molecule has 1 atom stereocenters. The molecular weight excluding hydrogens is 460 g/mol. The molecule has 0 spiro atoms. The molecule has 37 heavy (non-hydrogen) atoms. The maximum absolute atomic E-state index is 6.34. The first kappa shape index (κ1) is 23.2. The van der Waals surface area contributed by atoms with Crippen LogP contribution in [0.25, 0.3) is 11.1 Å². The van der Waals surface area contributed by atoms with E-state index < -0.39 is 0 Å². The lowest BCUT2D eigenvalue weighted by molar-refractivity contribution is 0.284. The van der Waals surface area contributed by atoms with Gasteiger partial charge in [-0.1, -0.05) is 55.5 Å². The summed E-state index contributed by atoms with van der Waals surface area (Å²) in [7, 11) is 5.12. The minimum absolute atomic E-state index is 0.198. The summed E-state index contributed by atoms with van der Waals surface area (Å²) in [6, 6.07) is 29.3. The van der Waals surface area contributed by atoms with E-state index in [1.54, 1.807) is 21.3 Å². The van der Waals surface area contributed by atoms with Gasteiger partial charge in [0.2, 0.25) is 0 Å². The van der Waals surface area contributed by atoms with Gasteiger partial charge >= 0.3 is 0 Å². The smallest absolute Gasteiger partial charge is 0.162 e. The van der Waals surface area contributed by atoms with Gasteiger partial charge in [-0.2, -0.15) is 0 Å². The van der Waals surface area contributed by atoms with Crippen LogP contribution in [-0.2, 0) is 18.4 Å². The third-order valence-electron chi connectivity index (χ3n) is 7.71. The van der Waals surface area contributed by atoms with Gasteiger partial charge in [0, 0.05) is 5.41 Å². The topological polar surface area (TPSA) is 36.9 Å². The van der Waals surface area contributed by atoms with Gasteiger partial charge < -0.3 is 18.9 Å². The van der Waals surface area contributed by atoms with Crippen LogP contribution in [0.3, 0.4) is 0 Å². The molecule has 186 valence electrons. The molecule has 1 unspecified atom stereocenters. The van der Waals surface area contributed by atoms with Crippen molar-refractivity contribution in [3.05, 3.63) is 118 Å². The van der Waals surface area contributed by atoms with E-state index in [9.17, 15) is 0 Å². The van der Waals surface area contributed by atoms with E-state index in [-0.39, 0.29) is 5.41 Å². The Morgan fingerprint density at radius 1 is 0.703 bits per heavy atom. The van der Waals surface area contributed by atoms with E-state index in [1.165, 1.54) is 33.4 Å². The van der Waals surface area contributed by atoms with Crippen molar-refractivity contribution in [2.45, 2.75) is 25.4 Å². The second-order valence-electron chi connectivity index (χ2n) is 9.83. The van der Waals surface area contributed by atoms with E-state index in [0.717, 1.165) is 40.5 Å². The summed E-state index contributed by atoms with van der Waals surface area (Å²) in [5, 5.41) is 0. The summed E-state index contributed by atoms with van der Waals surface area (Å²) in [6.07, 6.45) is 0.895. The summed E-state index contributed by atoms with van der Waals surface area (Å²) < 4.78 is 23.2. The van der Waals surface area contributed by atoms with E-state index in [1.807, 2.05) is 30.3 Å². The number of methoxy groups -OCH3 is 3. The number of hydrogen-bond donors (Lipinski definition) is 0. The van der Waals surface area contributed by atoms with Crippen LogP contribution in [0.2, 0.25) is 0 Å². The Bertz CT molecular complexity index is 1500. The van der Waals surface area contributed by atoms with E-state index in [2.05, 4.69) is 61.5 Å². The Morgan fingerprint density at radius 3 is 2.14 bits per heavy atom. The van der Waals surface area contributed by atoms with Crippen LogP contribution in [0, 0.1) is 0 Å². The van der Waals surface area contributed by atoms with E-state index in [4.69, 9.17) is 18.9 Å². The fourth-order valence-electron chi connectivity index (χ4n) is 5.92. The van der Waals surface area contributed by atoms with Crippen LogP contribution in [-0.4, -0.2) is 21.3 Å². The zero-order chi connectivity index (χ0) is 25.6. The van der Waals surface area contributed by atoms with Gasteiger partial charge in [-0.05, 0) is 87.3 Å². The molecule has 0 aromatic heterocycles. The molecule has 0 amide bonds. The molecule has 2 aliphatic carbocycles. The minimum atomic E-state index is -0.198. The first-order valence-electron chi connectivity index (χ1n) is 12.5. The average Bonchev–Trinajstić information content (AvgIpc) is 3.37. The van der Waals surface area contributed by atoms with Crippen LogP contribution in [0.5, 0.6) is 23.0 Å². The van der Waals surface area contributed by atoms with Gasteiger partial charge in [0.15, 0.2) is 11.5 Å². The Labute approximate surface area is 218 Å². The molecule has 0 bridgehead atoms. The number of ether oxygens (including phenoxy) is 4. The second kappa shape index (κ2) is 9.04. The van der Waals surface area contributed by atoms with Crippen LogP contribution >= 0.6 is 0 Å². The maximum atomic E-state index is 6.34. The highest BCUT2D eigenvalue weighted by molar-refractivity contribution is 6.10. The second-order valence-corrected chi connectivity index (χ2v) is 9.83. The summed E-state index contributed by atoms with van der Waals surface area (Å²) in [5.41, 5.74) is 9.67. The van der Waals surface area contributed by atoms with E-state index in [0.29, 0.717) is 6.61 Å². The highest BCUT2D eigenvalue weighted by Crippen LogP contribution is 2.60. The standard InChI is InChI=1S/C33H30O4/c1-33-19-23-16-25(35-3)14-15-26(23)32(33)31(22-10-12-24(34-2)13-11-22)27-17-29(36-4)30(18-28(27)33)37-20-21-8-6-5-7-9-21/h5-18H,19-20H2,1-4H3. The lowest BCUT2D eigenvalue weighted by atomic mass is 9.79. The fraction of sp³-hybridized carbons (Fsp3) is 0.212. The number of hydrogen-bond acceptors (Lipinski definition) is 4. The normalized spacial score (nSPS) is 17.2. The largest absolute Gasteiger partial charge is 0.497 e. The molecule has 4 nitrogen and oxygen atoms in total. The molecule has 2 aliphatic rings. The summed E-state index contributed by atoms with van der Waals surface area (Å²) in [5.74, 6) is 3.22. The quantitative estimate of drug-likeness (QED) is 0.277. The van der Waals surface area contributed by atoms with Crippen LogP contribution in [0.1, 0.15) is 40.3 Å². The van der Waals surface area contributed by atoms with Crippen molar-refractivity contribution >= 4 is 11.1 Å². The van der Waals surface area contributed by atoms with Gasteiger partial charge in [-0.15, -0.1) is 0 Å². The van der Waals surface area contributed by atoms with Crippen molar-refractivity contribution in [1.82, 2.24) is 0 Å². The predicted molar refractivity (Wildman–Crippen MR) is 147 cm³/mol. The molecule has 4 aromatic carbocycles. The van der Waals surface area contributed by atoms with Crippen LogP contribution < -0.4 is 18.9 Å². The average molecular weight is 491 g/mol. The molecule has 4 heteroatoms. The first-order valence-corrected chi connectivity index (χ1v) is 12.5. The number of allylic oxidation sites excluding steroid dienone is 1. The monoisotopic (exact) mass is 490 g/mol. The molecular formula is C33H30O4. The lowest BCUT2D eigenvalue weighted by Gasteiger charge is -2.24. The maximum Gasteiger partial charge on any atom is 0.162 e. The number of benzene rings is 4. The Balaban J connectivity index is 1.52. The van der Waals surface area contributed by atoms with Crippen molar-refractivity contribution in [2.24, 2.45) is 0 Å². The van der Waals surface area contributed by atoms with Crippen molar-refractivity contribution in [2.75, 3.05) is 21.3 Å². The molecule has 0 radical (unpaired) electrons. The van der Waals surface area contributed by atoms with Crippen molar-refractivity contribution in [3.63, 3.8) is 0 Å². The summed E-state index contributed by atoms with van der Waals surface area (Å²) in [6.45, 7) is 2.83. The van der Waals surface area contributed by atoms with Crippen LogP contribution in [0.15, 0.2) is 84.9 Å². The molecule has 0 aliphatic heterocycles. The fourth-order valence-corrected chi connectivity index (χ4v) is 5.92. The van der Waals surface area contributed by atoms with Crippen LogP contribution in [0.4, 0.5) is 0 Å². The third-order valence-corrected chi connectivity index (χ3v) is 7.71. The van der Waals surface area contributed by atoms with Crippen molar-refractivity contribution in [1.29, 1.82) is 0 Å². The summed E-state index contributed by atoms with van der Waals surface area (Å²) in [4.78, 5) is 0. The molecule has 0 saturated carbocycles. The van der Waals surface area contributed by atoms with Gasteiger partial charge in [0.05, 0.1) is 21.3 Å². The zero-order valence-corrected chi connectivity index (χ0v) is 21.6. The number of rotatable bonds is 7. The van der Waals surface area contributed by atoms with Gasteiger partial charge in [0.1, 0.15) is 18.1 Å². The zero-order valence-electron chi connectivity index (χ0n) is 21.6. The highest BCUT2D eigenvalue weighted by Gasteiger charge is 2.48. The Kier molecular flexibility index (Phi) is 5.68. The van der Waals surface area contributed by atoms with Gasteiger partial charge in [-0.3, -0.25) is 0 Å². The third kappa shape index (κ3) is 3.75. The van der Waals surface area contributed by atoms with Gasteiger partial charge in [0.25, 0.3) is 0 Å². The molecule has 0 heterocycles. The van der Waals surface area contributed by atoms with Crippen molar-refractivity contribution in [3.8, 4) is 23.0 Å². The molecule has 4 aromatic rings. The SMILES string of the molecule is COc1ccc(C2=C3c4ccc(OC)cc4CC3(C)c3cc(OCc4ccccc4)c(OC)cc32)cc1. The predicted octanol–water partition coefficient (Wildman–Crippen LogP) is 7.08. The Morgan fingerprint density at radius 2 is 1.43 bits per heavy atom. The molecule has 0 N–H and O–H groups in total. The highest BCUT2D eigenvalue weighted by atomic mass is 16.5. The lowest BCUT2D eigenvalue weighted by Crippen LogP contribution is -2.19. The number of fused-ring (bicyclic) bond motifs is 5. The minimum Gasteiger partial charge on any atom is -0.497 e. The molecule has 6 rings (SSSR count). The van der Waals surface area contributed by atoms with Gasteiger partial charge in [-0.25, -0.2) is 0 Å². The molecule has 0 fully saturated rings. The first-order chi connectivity index (χ1) is 18.1.